The highest BCUT2D eigenvalue weighted by molar-refractivity contribution is 7.13. The lowest BCUT2D eigenvalue weighted by atomic mass is 10.2. The molecular weight excluding hydrogens is 310 g/mol. The van der Waals surface area contributed by atoms with Crippen LogP contribution < -0.4 is 9.47 Å². The zero-order valence-electron chi connectivity index (χ0n) is 13.4. The summed E-state index contributed by atoms with van der Waals surface area (Å²) in [5.41, 5.74) is 2.95. The number of aromatic nitrogens is 3. The van der Waals surface area contributed by atoms with E-state index in [-0.39, 0.29) is 0 Å². The first kappa shape index (κ1) is 15.6. The van der Waals surface area contributed by atoms with Gasteiger partial charge in [0.1, 0.15) is 5.01 Å². The van der Waals surface area contributed by atoms with Crippen LogP contribution in [0.15, 0.2) is 35.8 Å². The third-order valence-electron chi connectivity index (χ3n) is 3.38. The average molecular weight is 329 g/mol. The lowest BCUT2D eigenvalue weighted by Crippen LogP contribution is -1.98. The maximum absolute atomic E-state index is 5.69. The van der Waals surface area contributed by atoms with Crippen molar-refractivity contribution in [1.29, 1.82) is 0 Å². The van der Waals surface area contributed by atoms with Gasteiger partial charge in [0.2, 0.25) is 0 Å². The van der Waals surface area contributed by atoms with E-state index in [2.05, 4.69) is 5.10 Å². The third-order valence-corrected chi connectivity index (χ3v) is 4.27. The van der Waals surface area contributed by atoms with Gasteiger partial charge in [-0.05, 0) is 38.1 Å². The van der Waals surface area contributed by atoms with Gasteiger partial charge in [0.05, 0.1) is 24.6 Å². The van der Waals surface area contributed by atoms with Gasteiger partial charge in [-0.3, -0.25) is 4.68 Å². The molecule has 1 aromatic carbocycles. The van der Waals surface area contributed by atoms with Gasteiger partial charge in [-0.15, -0.1) is 11.3 Å². The van der Waals surface area contributed by atoms with Crippen LogP contribution in [0.25, 0.3) is 22.0 Å². The third kappa shape index (κ3) is 3.22. The molecule has 0 aliphatic rings. The van der Waals surface area contributed by atoms with Crippen LogP contribution in [0.3, 0.4) is 0 Å². The summed E-state index contributed by atoms with van der Waals surface area (Å²) < 4.78 is 13.1. The van der Waals surface area contributed by atoms with Crippen molar-refractivity contribution in [1.82, 2.24) is 14.8 Å². The van der Waals surface area contributed by atoms with E-state index < -0.39 is 0 Å². The molecule has 0 bridgehead atoms. The van der Waals surface area contributed by atoms with Crippen molar-refractivity contribution >= 4 is 11.3 Å². The number of ether oxygens (including phenoxy) is 2. The Morgan fingerprint density at radius 1 is 1.09 bits per heavy atom. The van der Waals surface area contributed by atoms with Crippen molar-refractivity contribution < 1.29 is 9.47 Å². The van der Waals surface area contributed by atoms with Gasteiger partial charge in [0, 0.05) is 24.2 Å². The van der Waals surface area contributed by atoms with Gasteiger partial charge < -0.3 is 9.47 Å². The summed E-state index contributed by atoms with van der Waals surface area (Å²) in [6.45, 7) is 5.14. The van der Waals surface area contributed by atoms with Crippen molar-refractivity contribution in [2.45, 2.75) is 13.8 Å². The zero-order chi connectivity index (χ0) is 16.2. The Kier molecular flexibility index (Phi) is 4.62. The molecule has 23 heavy (non-hydrogen) atoms. The molecule has 2 aromatic heterocycles. The van der Waals surface area contributed by atoms with E-state index in [0.29, 0.717) is 13.2 Å². The molecule has 0 spiro atoms. The van der Waals surface area contributed by atoms with E-state index >= 15 is 0 Å². The summed E-state index contributed by atoms with van der Waals surface area (Å²) in [6.07, 6.45) is 1.78. The van der Waals surface area contributed by atoms with Crippen LogP contribution in [0.5, 0.6) is 11.5 Å². The van der Waals surface area contributed by atoms with Gasteiger partial charge in [0.25, 0.3) is 0 Å². The number of nitrogens with zero attached hydrogens (tertiary/aromatic N) is 3. The topological polar surface area (TPSA) is 49.2 Å². The maximum Gasteiger partial charge on any atom is 0.161 e. The van der Waals surface area contributed by atoms with Crippen LogP contribution in [-0.4, -0.2) is 28.0 Å². The lowest BCUT2D eigenvalue weighted by molar-refractivity contribution is 0.288. The average Bonchev–Trinajstić information content (AvgIpc) is 3.18. The summed E-state index contributed by atoms with van der Waals surface area (Å²) in [4.78, 5) is 4.72. The molecule has 0 saturated heterocycles. The standard InChI is InChI=1S/C17H19N3O2S/c1-4-21-15-7-6-12(10-16(15)22-5-2)17-19-13(11-23-17)14-8-9-18-20(14)3/h6-11H,4-5H2,1-3H3. The molecule has 3 aromatic rings. The Labute approximate surface area is 139 Å². The molecule has 6 heteroatoms. The predicted octanol–water partition coefficient (Wildman–Crippen LogP) is 4.01. The summed E-state index contributed by atoms with van der Waals surface area (Å²) in [5, 5.41) is 7.18. The van der Waals surface area contributed by atoms with Crippen LogP contribution in [0, 0.1) is 0 Å². The number of hydrogen-bond donors (Lipinski definition) is 0. The molecule has 0 aliphatic carbocycles. The summed E-state index contributed by atoms with van der Waals surface area (Å²) in [5.74, 6) is 1.52. The first-order valence-corrected chi connectivity index (χ1v) is 8.44. The van der Waals surface area contributed by atoms with Crippen LogP contribution >= 0.6 is 11.3 Å². The molecule has 0 saturated carbocycles. The van der Waals surface area contributed by atoms with Gasteiger partial charge in [-0.2, -0.15) is 5.10 Å². The highest BCUT2D eigenvalue weighted by Crippen LogP contribution is 2.35. The number of hydrogen-bond acceptors (Lipinski definition) is 5. The quantitative estimate of drug-likeness (QED) is 0.685. The van der Waals surface area contributed by atoms with E-state index in [4.69, 9.17) is 14.5 Å². The minimum absolute atomic E-state index is 0.599. The Morgan fingerprint density at radius 3 is 2.57 bits per heavy atom. The SMILES string of the molecule is CCOc1ccc(-c2nc(-c3ccnn3C)cs2)cc1OCC. The largest absolute Gasteiger partial charge is 0.490 e. The molecule has 0 fully saturated rings. The second-order valence-corrected chi connectivity index (χ2v) is 5.76. The van der Waals surface area contributed by atoms with Gasteiger partial charge in [0.15, 0.2) is 11.5 Å². The number of thiazole rings is 1. The number of aryl methyl sites for hydroxylation is 1. The van der Waals surface area contributed by atoms with Crippen LogP contribution in [0.4, 0.5) is 0 Å². The molecule has 2 heterocycles. The van der Waals surface area contributed by atoms with Crippen LogP contribution in [0.2, 0.25) is 0 Å². The van der Waals surface area contributed by atoms with E-state index in [9.17, 15) is 0 Å². The van der Waals surface area contributed by atoms with Crippen molar-refractivity contribution in [3.05, 3.63) is 35.8 Å². The molecule has 0 unspecified atom stereocenters. The fraction of sp³-hybridized carbons (Fsp3) is 0.294. The lowest BCUT2D eigenvalue weighted by Gasteiger charge is -2.11. The first-order valence-electron chi connectivity index (χ1n) is 7.56. The first-order chi connectivity index (χ1) is 11.2. The van der Waals surface area contributed by atoms with Crippen molar-refractivity contribution in [2.75, 3.05) is 13.2 Å². The number of benzene rings is 1. The Morgan fingerprint density at radius 2 is 1.87 bits per heavy atom. The minimum atomic E-state index is 0.599. The van der Waals surface area contributed by atoms with Crippen LogP contribution in [0.1, 0.15) is 13.8 Å². The summed E-state index contributed by atoms with van der Waals surface area (Å²) in [6, 6.07) is 7.90. The molecular formula is C17H19N3O2S. The fourth-order valence-corrected chi connectivity index (χ4v) is 3.14. The highest BCUT2D eigenvalue weighted by Gasteiger charge is 2.12. The molecule has 0 radical (unpaired) electrons. The highest BCUT2D eigenvalue weighted by atomic mass is 32.1. The van der Waals surface area contributed by atoms with Gasteiger partial charge >= 0.3 is 0 Å². The predicted molar refractivity (Wildman–Crippen MR) is 92.1 cm³/mol. The summed E-state index contributed by atoms with van der Waals surface area (Å²) >= 11 is 1.61. The molecule has 0 N–H and O–H groups in total. The Hall–Kier alpha value is -2.34. The van der Waals surface area contributed by atoms with Crippen molar-refractivity contribution in [2.24, 2.45) is 7.05 Å². The van der Waals surface area contributed by atoms with E-state index in [1.165, 1.54) is 0 Å². The number of rotatable bonds is 6. The second kappa shape index (κ2) is 6.83. The van der Waals surface area contributed by atoms with Crippen LogP contribution in [-0.2, 0) is 7.05 Å². The Balaban J connectivity index is 1.94. The molecule has 5 nitrogen and oxygen atoms in total. The maximum atomic E-state index is 5.69. The molecule has 0 aliphatic heterocycles. The second-order valence-electron chi connectivity index (χ2n) is 4.91. The molecule has 0 atom stereocenters. The fourth-order valence-electron chi connectivity index (χ4n) is 2.33. The molecule has 120 valence electrons. The van der Waals surface area contributed by atoms with Gasteiger partial charge in [-0.25, -0.2) is 4.98 Å². The molecule has 0 amide bonds. The van der Waals surface area contributed by atoms with E-state index in [1.54, 1.807) is 17.5 Å². The van der Waals surface area contributed by atoms with E-state index in [0.717, 1.165) is 33.5 Å². The monoisotopic (exact) mass is 329 g/mol. The smallest absolute Gasteiger partial charge is 0.161 e. The molecule has 3 rings (SSSR count). The van der Waals surface area contributed by atoms with E-state index in [1.807, 2.05) is 55.2 Å². The van der Waals surface area contributed by atoms with Crippen molar-refractivity contribution in [3.8, 4) is 33.5 Å². The zero-order valence-corrected chi connectivity index (χ0v) is 14.3. The minimum Gasteiger partial charge on any atom is -0.490 e. The Bertz CT molecular complexity index is 795. The normalized spacial score (nSPS) is 10.7. The summed E-state index contributed by atoms with van der Waals surface area (Å²) in [7, 11) is 1.92. The van der Waals surface area contributed by atoms with Crippen molar-refractivity contribution in [3.63, 3.8) is 0 Å². The van der Waals surface area contributed by atoms with Gasteiger partial charge in [-0.1, -0.05) is 0 Å².